The van der Waals surface area contributed by atoms with Crippen LogP contribution < -0.4 is 10.1 Å². The first-order chi connectivity index (χ1) is 8.68. The molecule has 18 heavy (non-hydrogen) atoms. The molecule has 0 saturated carbocycles. The van der Waals surface area contributed by atoms with Gasteiger partial charge in [-0.05, 0) is 25.5 Å². The number of hydrogen-bond acceptors (Lipinski definition) is 4. The lowest BCUT2D eigenvalue weighted by molar-refractivity contribution is -0.385. The van der Waals surface area contributed by atoms with Gasteiger partial charge in [0.05, 0.1) is 16.6 Å². The van der Waals surface area contributed by atoms with Crippen LogP contribution in [0.15, 0.2) is 18.2 Å². The Morgan fingerprint density at radius 2 is 2.39 bits per heavy atom. The number of para-hydroxylation sites is 1. The van der Waals surface area contributed by atoms with E-state index in [4.69, 9.17) is 16.3 Å². The molecule has 1 aromatic rings. The molecular formula is C12H15ClN2O3. The van der Waals surface area contributed by atoms with E-state index in [1.807, 2.05) is 0 Å². The van der Waals surface area contributed by atoms with Crippen molar-refractivity contribution in [2.75, 3.05) is 19.7 Å². The van der Waals surface area contributed by atoms with Crippen LogP contribution in [0, 0.1) is 16.0 Å². The van der Waals surface area contributed by atoms with Crippen LogP contribution in [0.25, 0.3) is 0 Å². The number of nitrogens with one attached hydrogen (secondary N) is 1. The fourth-order valence-electron chi connectivity index (χ4n) is 2.05. The number of nitro groups is 1. The van der Waals surface area contributed by atoms with Gasteiger partial charge in [0.2, 0.25) is 5.75 Å². The lowest BCUT2D eigenvalue weighted by atomic mass is 10.0. The molecule has 0 radical (unpaired) electrons. The Hall–Kier alpha value is -1.33. The normalized spacial score (nSPS) is 19.5. The van der Waals surface area contributed by atoms with E-state index >= 15 is 0 Å². The molecule has 1 saturated heterocycles. The monoisotopic (exact) mass is 270 g/mol. The summed E-state index contributed by atoms with van der Waals surface area (Å²) >= 11 is 5.95. The summed E-state index contributed by atoms with van der Waals surface area (Å²) in [4.78, 5) is 10.4. The molecule has 1 N–H and O–H groups in total. The molecule has 1 unspecified atom stereocenters. The van der Waals surface area contributed by atoms with Crippen molar-refractivity contribution in [3.63, 3.8) is 0 Å². The Morgan fingerprint density at radius 3 is 3.06 bits per heavy atom. The zero-order valence-electron chi connectivity index (χ0n) is 9.89. The predicted octanol–water partition coefficient (Wildman–Crippen LogP) is 2.63. The number of halogens is 1. The quantitative estimate of drug-likeness (QED) is 0.675. The van der Waals surface area contributed by atoms with Gasteiger partial charge in [0, 0.05) is 18.5 Å². The molecule has 1 fully saturated rings. The Labute approximate surface area is 110 Å². The van der Waals surface area contributed by atoms with Crippen LogP contribution in [0.4, 0.5) is 5.69 Å². The molecule has 98 valence electrons. The van der Waals surface area contributed by atoms with Crippen LogP contribution in [-0.4, -0.2) is 24.6 Å². The van der Waals surface area contributed by atoms with E-state index in [0.717, 1.165) is 25.9 Å². The van der Waals surface area contributed by atoms with E-state index in [9.17, 15) is 10.1 Å². The van der Waals surface area contributed by atoms with E-state index in [1.165, 1.54) is 6.07 Å². The minimum Gasteiger partial charge on any atom is -0.485 e. The molecule has 1 aromatic carbocycles. The van der Waals surface area contributed by atoms with E-state index in [2.05, 4.69) is 5.32 Å². The summed E-state index contributed by atoms with van der Waals surface area (Å²) in [6.07, 6.45) is 2.18. The summed E-state index contributed by atoms with van der Waals surface area (Å²) in [6, 6.07) is 4.55. The van der Waals surface area contributed by atoms with Crippen molar-refractivity contribution in [3.05, 3.63) is 33.3 Å². The second-order valence-corrected chi connectivity index (χ2v) is 4.78. The van der Waals surface area contributed by atoms with Crippen molar-refractivity contribution in [2.24, 2.45) is 5.92 Å². The van der Waals surface area contributed by atoms with E-state index in [0.29, 0.717) is 12.5 Å². The second kappa shape index (κ2) is 6.02. The summed E-state index contributed by atoms with van der Waals surface area (Å²) < 4.78 is 5.56. The molecular weight excluding hydrogens is 256 g/mol. The summed E-state index contributed by atoms with van der Waals surface area (Å²) in [5.74, 6) is 0.560. The van der Waals surface area contributed by atoms with Gasteiger partial charge in [-0.1, -0.05) is 17.7 Å². The number of nitrogens with zero attached hydrogens (tertiary/aromatic N) is 1. The van der Waals surface area contributed by atoms with E-state index in [-0.39, 0.29) is 16.5 Å². The number of hydrogen-bond donors (Lipinski definition) is 1. The topological polar surface area (TPSA) is 64.4 Å². The Kier molecular flexibility index (Phi) is 4.38. The average Bonchev–Trinajstić information content (AvgIpc) is 2.38. The minimum atomic E-state index is -0.472. The van der Waals surface area contributed by atoms with Crippen molar-refractivity contribution in [1.82, 2.24) is 5.32 Å². The maximum Gasteiger partial charge on any atom is 0.312 e. The van der Waals surface area contributed by atoms with Crippen LogP contribution in [0.3, 0.4) is 0 Å². The number of piperidine rings is 1. The standard InChI is InChI=1S/C12H15ClN2O3/c13-10-4-1-5-11(15(16)17)12(10)18-8-9-3-2-6-14-7-9/h1,4-5,9,14H,2-3,6-8H2. The van der Waals surface area contributed by atoms with Gasteiger partial charge < -0.3 is 10.1 Å². The van der Waals surface area contributed by atoms with Crippen LogP contribution in [-0.2, 0) is 0 Å². The van der Waals surface area contributed by atoms with Gasteiger partial charge in [0.1, 0.15) is 0 Å². The third kappa shape index (κ3) is 3.11. The van der Waals surface area contributed by atoms with Crippen molar-refractivity contribution in [3.8, 4) is 5.75 Å². The molecule has 1 heterocycles. The summed E-state index contributed by atoms with van der Waals surface area (Å²) in [5.41, 5.74) is -0.0775. The Balaban J connectivity index is 2.05. The molecule has 1 atom stereocenters. The molecule has 5 nitrogen and oxygen atoms in total. The van der Waals surface area contributed by atoms with Crippen LogP contribution in [0.2, 0.25) is 5.02 Å². The summed E-state index contributed by atoms with van der Waals surface area (Å²) in [6.45, 7) is 2.37. The first-order valence-electron chi connectivity index (χ1n) is 5.95. The molecule has 2 rings (SSSR count). The van der Waals surface area contributed by atoms with Crippen LogP contribution in [0.1, 0.15) is 12.8 Å². The van der Waals surface area contributed by atoms with Gasteiger partial charge in [0.15, 0.2) is 0 Å². The maximum atomic E-state index is 10.9. The fourth-order valence-corrected chi connectivity index (χ4v) is 2.28. The van der Waals surface area contributed by atoms with Gasteiger partial charge >= 0.3 is 5.69 Å². The molecule has 0 aromatic heterocycles. The molecule has 1 aliphatic rings. The highest BCUT2D eigenvalue weighted by atomic mass is 35.5. The van der Waals surface area contributed by atoms with E-state index in [1.54, 1.807) is 12.1 Å². The lowest BCUT2D eigenvalue weighted by Gasteiger charge is -2.22. The molecule has 1 aliphatic heterocycles. The zero-order chi connectivity index (χ0) is 13.0. The summed E-state index contributed by atoms with van der Waals surface area (Å²) in [7, 11) is 0. The molecule has 0 amide bonds. The van der Waals surface area contributed by atoms with Gasteiger partial charge in [-0.3, -0.25) is 10.1 Å². The number of ether oxygens (including phenoxy) is 1. The van der Waals surface area contributed by atoms with Crippen molar-refractivity contribution >= 4 is 17.3 Å². The highest BCUT2D eigenvalue weighted by molar-refractivity contribution is 6.32. The van der Waals surface area contributed by atoms with Crippen LogP contribution in [0.5, 0.6) is 5.75 Å². The summed E-state index contributed by atoms with van der Waals surface area (Å²) in [5, 5.41) is 14.4. The Bertz CT molecular complexity index is 433. The minimum absolute atomic E-state index is 0.0775. The number of benzene rings is 1. The molecule has 0 aliphatic carbocycles. The van der Waals surface area contributed by atoms with Gasteiger partial charge in [-0.2, -0.15) is 0 Å². The first-order valence-corrected chi connectivity index (χ1v) is 6.32. The van der Waals surface area contributed by atoms with E-state index < -0.39 is 4.92 Å². The Morgan fingerprint density at radius 1 is 1.56 bits per heavy atom. The van der Waals surface area contributed by atoms with Gasteiger partial charge in [-0.25, -0.2) is 0 Å². The lowest BCUT2D eigenvalue weighted by Crippen LogP contribution is -2.33. The number of rotatable bonds is 4. The SMILES string of the molecule is O=[N+]([O-])c1cccc(Cl)c1OCC1CCCNC1. The first kappa shape index (κ1) is 13.1. The number of nitro benzene ring substituents is 1. The smallest absolute Gasteiger partial charge is 0.312 e. The third-order valence-corrected chi connectivity index (χ3v) is 3.30. The molecule has 6 heteroatoms. The van der Waals surface area contributed by atoms with Gasteiger partial charge in [-0.15, -0.1) is 0 Å². The van der Waals surface area contributed by atoms with Crippen molar-refractivity contribution in [1.29, 1.82) is 0 Å². The van der Waals surface area contributed by atoms with Crippen molar-refractivity contribution in [2.45, 2.75) is 12.8 Å². The highest BCUT2D eigenvalue weighted by Crippen LogP contribution is 2.34. The van der Waals surface area contributed by atoms with Crippen LogP contribution >= 0.6 is 11.6 Å². The zero-order valence-corrected chi connectivity index (χ0v) is 10.7. The molecule has 0 bridgehead atoms. The third-order valence-electron chi connectivity index (χ3n) is 3.01. The van der Waals surface area contributed by atoms with Crippen molar-refractivity contribution < 1.29 is 9.66 Å². The highest BCUT2D eigenvalue weighted by Gasteiger charge is 2.20. The second-order valence-electron chi connectivity index (χ2n) is 4.37. The fraction of sp³-hybridized carbons (Fsp3) is 0.500. The predicted molar refractivity (Wildman–Crippen MR) is 69.2 cm³/mol. The molecule has 0 spiro atoms. The maximum absolute atomic E-state index is 10.9. The average molecular weight is 271 g/mol. The largest absolute Gasteiger partial charge is 0.485 e. The van der Waals surface area contributed by atoms with Gasteiger partial charge in [0.25, 0.3) is 0 Å².